The molecule has 1 rings (SSSR count). The molecule has 63 valence electrons. The fourth-order valence-electron chi connectivity index (χ4n) is 0.548. The SMILES string of the molecule is [CH2]c1cccc(Cl)c1Cl.[Cl][Zn][Cl]. The van der Waals surface area contributed by atoms with Gasteiger partial charge in [0.2, 0.25) is 0 Å². The zero-order valence-electron chi connectivity index (χ0n) is 6.16. The average molecular weight is 296 g/mol. The Hall–Kier alpha value is 1.00. The van der Waals surface area contributed by atoms with Crippen LogP contribution in [0.4, 0.5) is 0 Å². The zero-order valence-corrected chi connectivity index (χ0v) is 12.1. The van der Waals surface area contributed by atoms with E-state index < -0.39 is 15.1 Å². The van der Waals surface area contributed by atoms with Gasteiger partial charge in [-0.15, -0.1) is 0 Å². The molecule has 0 aliphatic carbocycles. The van der Waals surface area contributed by atoms with Crippen LogP contribution in [0.15, 0.2) is 18.2 Å². The summed E-state index contributed by atoms with van der Waals surface area (Å²) < 4.78 is 0. The van der Waals surface area contributed by atoms with Gasteiger partial charge in [-0.2, -0.15) is 0 Å². The van der Waals surface area contributed by atoms with Crippen molar-refractivity contribution in [3.8, 4) is 0 Å². The predicted octanol–water partition coefficient (Wildman–Crippen LogP) is 4.55. The molecule has 0 aliphatic rings. The number of hydrogen-bond acceptors (Lipinski definition) is 0. The third kappa shape index (κ3) is 4.89. The van der Waals surface area contributed by atoms with E-state index in [1.807, 2.05) is 12.1 Å². The van der Waals surface area contributed by atoms with Crippen LogP contribution in [-0.4, -0.2) is 0 Å². The molecule has 0 saturated carbocycles. The van der Waals surface area contributed by atoms with Crippen molar-refractivity contribution >= 4 is 42.6 Å². The summed E-state index contributed by atoms with van der Waals surface area (Å²) in [6.45, 7) is 3.66. The Morgan fingerprint density at radius 3 is 2.00 bits per heavy atom. The Bertz CT molecular complexity index is 219. The Balaban J connectivity index is 0.000000354. The van der Waals surface area contributed by atoms with Crippen LogP contribution in [0.1, 0.15) is 5.56 Å². The van der Waals surface area contributed by atoms with Crippen molar-refractivity contribution in [3.05, 3.63) is 40.7 Å². The maximum atomic E-state index is 5.68. The van der Waals surface area contributed by atoms with Gasteiger partial charge in [-0.25, -0.2) is 0 Å². The molecule has 0 unspecified atom stereocenters. The van der Waals surface area contributed by atoms with E-state index in [1.165, 1.54) is 0 Å². The number of benzene rings is 1. The summed E-state index contributed by atoms with van der Waals surface area (Å²) >= 11 is 10.4. The first-order chi connectivity index (χ1) is 5.63. The van der Waals surface area contributed by atoms with Gasteiger partial charge in [-0.1, -0.05) is 35.3 Å². The van der Waals surface area contributed by atoms with Crippen LogP contribution in [0.3, 0.4) is 0 Å². The second kappa shape index (κ2) is 7.41. The molecule has 0 heterocycles. The van der Waals surface area contributed by atoms with Gasteiger partial charge >= 0.3 is 34.5 Å². The summed E-state index contributed by atoms with van der Waals surface area (Å²) in [5, 5.41) is 1.10. The van der Waals surface area contributed by atoms with Gasteiger partial charge < -0.3 is 0 Å². The Kier molecular flexibility index (Phi) is 8.03. The molecule has 0 spiro atoms. The number of rotatable bonds is 0. The molecule has 1 aromatic rings. The van der Waals surface area contributed by atoms with Gasteiger partial charge in [0.05, 0.1) is 10.0 Å². The van der Waals surface area contributed by atoms with E-state index in [2.05, 4.69) is 6.92 Å². The third-order valence-electron chi connectivity index (χ3n) is 1.03. The Labute approximate surface area is 97.8 Å². The molecule has 0 bridgehead atoms. The molecule has 0 aliphatic heterocycles. The molecule has 0 atom stereocenters. The third-order valence-corrected chi connectivity index (χ3v) is 1.89. The fourth-order valence-corrected chi connectivity index (χ4v) is 0.869. The van der Waals surface area contributed by atoms with E-state index in [0.717, 1.165) is 5.56 Å². The van der Waals surface area contributed by atoms with Gasteiger partial charge in [0.25, 0.3) is 0 Å². The first-order valence-corrected chi connectivity index (χ1v) is 11.6. The summed E-state index contributed by atoms with van der Waals surface area (Å²) in [5.41, 5.74) is 0.768. The molecule has 1 radical (unpaired) electrons. The van der Waals surface area contributed by atoms with Crippen LogP contribution < -0.4 is 0 Å². The first-order valence-electron chi connectivity index (χ1n) is 3.01. The van der Waals surface area contributed by atoms with Gasteiger partial charge in [0.15, 0.2) is 0 Å². The minimum atomic E-state index is -0.931. The van der Waals surface area contributed by atoms with E-state index in [1.54, 1.807) is 6.07 Å². The van der Waals surface area contributed by atoms with E-state index in [-0.39, 0.29) is 0 Å². The van der Waals surface area contributed by atoms with E-state index >= 15 is 0 Å². The van der Waals surface area contributed by atoms with Crippen molar-refractivity contribution in [2.45, 2.75) is 0 Å². The minimum absolute atomic E-state index is 0.541. The zero-order chi connectivity index (χ0) is 9.56. The molecule has 0 N–H and O–H groups in total. The van der Waals surface area contributed by atoms with E-state index in [0.29, 0.717) is 10.0 Å². The van der Waals surface area contributed by atoms with Gasteiger partial charge in [0, 0.05) is 0 Å². The molecule has 12 heavy (non-hydrogen) atoms. The quantitative estimate of drug-likeness (QED) is 0.616. The van der Waals surface area contributed by atoms with Crippen LogP contribution in [0.2, 0.25) is 10.0 Å². The second-order valence-electron chi connectivity index (χ2n) is 1.81. The van der Waals surface area contributed by atoms with E-state index in [4.69, 9.17) is 42.6 Å². The van der Waals surface area contributed by atoms with Gasteiger partial charge in [0.1, 0.15) is 0 Å². The standard InChI is InChI=1S/C7H5Cl2.2ClH.Zn/c1-5-3-2-4-6(8)7(5)9;;;/h2-4H,1H2;2*1H;/q;;;+2/p-2. The number of hydrogen-bond donors (Lipinski definition) is 0. The fraction of sp³-hybridized carbons (Fsp3) is 0. The molecule has 5 heteroatoms. The van der Waals surface area contributed by atoms with Crippen molar-refractivity contribution in [1.29, 1.82) is 0 Å². The molecule has 0 fully saturated rings. The maximum absolute atomic E-state index is 5.68. The Morgan fingerprint density at radius 1 is 1.17 bits per heavy atom. The predicted molar refractivity (Wildman–Crippen MR) is 52.6 cm³/mol. The summed E-state index contributed by atoms with van der Waals surface area (Å²) in [7, 11) is 9.90. The van der Waals surface area contributed by atoms with Gasteiger partial charge in [-0.3, -0.25) is 0 Å². The summed E-state index contributed by atoms with van der Waals surface area (Å²) in [4.78, 5) is 0. The molecule has 0 aromatic heterocycles. The average Bonchev–Trinajstić information content (AvgIpc) is 2.02. The monoisotopic (exact) mass is 293 g/mol. The summed E-state index contributed by atoms with van der Waals surface area (Å²) in [6, 6.07) is 5.36. The Morgan fingerprint density at radius 2 is 1.67 bits per heavy atom. The molecular weight excluding hydrogens is 291 g/mol. The van der Waals surface area contributed by atoms with Crippen LogP contribution in [0.5, 0.6) is 0 Å². The molecule has 0 nitrogen and oxygen atoms in total. The van der Waals surface area contributed by atoms with Crippen molar-refractivity contribution in [2.24, 2.45) is 0 Å². The topological polar surface area (TPSA) is 0 Å². The van der Waals surface area contributed by atoms with Crippen LogP contribution in [0.25, 0.3) is 0 Å². The van der Waals surface area contributed by atoms with Crippen molar-refractivity contribution in [3.63, 3.8) is 0 Å². The van der Waals surface area contributed by atoms with Crippen LogP contribution in [0, 0.1) is 6.92 Å². The molecule has 0 amide bonds. The summed E-state index contributed by atoms with van der Waals surface area (Å²) in [6.07, 6.45) is 0. The van der Waals surface area contributed by atoms with Crippen molar-refractivity contribution in [2.75, 3.05) is 0 Å². The van der Waals surface area contributed by atoms with Crippen molar-refractivity contribution < 1.29 is 15.1 Å². The van der Waals surface area contributed by atoms with Crippen molar-refractivity contribution in [1.82, 2.24) is 0 Å². The normalized spacial score (nSPS) is 8.08. The molecule has 1 aromatic carbocycles. The van der Waals surface area contributed by atoms with E-state index in [9.17, 15) is 0 Å². The molecular formula is C7H5Cl4Zn. The molecule has 0 saturated heterocycles. The van der Waals surface area contributed by atoms with Gasteiger partial charge in [-0.05, 0) is 18.6 Å². The van der Waals surface area contributed by atoms with Crippen LogP contribution in [-0.2, 0) is 15.1 Å². The van der Waals surface area contributed by atoms with Crippen LogP contribution >= 0.6 is 42.6 Å². The first kappa shape index (κ1) is 13.0. The summed E-state index contributed by atoms with van der Waals surface area (Å²) in [5.74, 6) is 0. The second-order valence-corrected chi connectivity index (χ2v) is 7.22. The number of halogens is 4.